The third-order valence-electron chi connectivity index (χ3n) is 4.69. The van der Waals surface area contributed by atoms with Gasteiger partial charge in [0.15, 0.2) is 0 Å². The van der Waals surface area contributed by atoms with Gasteiger partial charge in [-0.25, -0.2) is 0 Å². The van der Waals surface area contributed by atoms with Gasteiger partial charge in [-0.2, -0.15) is 0 Å². The molecule has 1 aromatic heterocycles. The molecule has 0 saturated carbocycles. The second-order valence-corrected chi connectivity index (χ2v) is 6.21. The summed E-state index contributed by atoms with van der Waals surface area (Å²) in [5.74, 6) is 1.62. The summed E-state index contributed by atoms with van der Waals surface area (Å²) < 4.78 is 5.54. The van der Waals surface area contributed by atoms with Crippen molar-refractivity contribution in [1.29, 1.82) is 0 Å². The maximum Gasteiger partial charge on any atom is 0.142 e. The Morgan fingerprint density at radius 1 is 1.32 bits per heavy atom. The predicted octanol–water partition coefficient (Wildman–Crippen LogP) is 4.57. The van der Waals surface area contributed by atoms with E-state index in [1.807, 2.05) is 30.6 Å². The number of hydrogen-bond acceptors (Lipinski definition) is 3. The highest BCUT2D eigenvalue weighted by molar-refractivity contribution is 6.32. The van der Waals surface area contributed by atoms with E-state index in [0.717, 1.165) is 28.4 Å². The van der Waals surface area contributed by atoms with Crippen LogP contribution in [0.4, 0.5) is 5.69 Å². The van der Waals surface area contributed by atoms with Gasteiger partial charge in [-0.3, -0.25) is 4.98 Å². The zero-order valence-electron chi connectivity index (χ0n) is 12.3. The molecule has 1 aliphatic carbocycles. The Kier molecular flexibility index (Phi) is 3.30. The lowest BCUT2D eigenvalue weighted by molar-refractivity contribution is 0.397. The number of nitrogens with zero attached hydrogens (tertiary/aromatic N) is 1. The van der Waals surface area contributed by atoms with Gasteiger partial charge in [0.1, 0.15) is 5.75 Å². The number of hydrogen-bond donors (Lipinski definition) is 1. The fourth-order valence-corrected chi connectivity index (χ4v) is 3.98. The van der Waals surface area contributed by atoms with Crippen molar-refractivity contribution in [3.8, 4) is 5.75 Å². The second-order valence-electron chi connectivity index (χ2n) is 5.80. The first-order chi connectivity index (χ1) is 10.8. The Balaban J connectivity index is 1.87. The van der Waals surface area contributed by atoms with Gasteiger partial charge >= 0.3 is 0 Å². The number of aromatic nitrogens is 1. The van der Waals surface area contributed by atoms with Crippen LogP contribution in [-0.4, -0.2) is 12.1 Å². The van der Waals surface area contributed by atoms with Gasteiger partial charge in [0, 0.05) is 28.9 Å². The van der Waals surface area contributed by atoms with Gasteiger partial charge in [-0.1, -0.05) is 29.8 Å². The lowest BCUT2D eigenvalue weighted by Crippen LogP contribution is -2.29. The SMILES string of the molecule is COc1ccc(Cl)c2c1N[C@@H](c1cccnc1)[C@H]1CC=C[C@@H]21. The molecule has 2 aromatic rings. The van der Waals surface area contributed by atoms with Crippen LogP contribution >= 0.6 is 11.6 Å². The number of nitrogens with one attached hydrogen (secondary N) is 1. The fraction of sp³-hybridized carbons (Fsp3) is 0.278. The Morgan fingerprint density at radius 3 is 3.00 bits per heavy atom. The van der Waals surface area contributed by atoms with Crippen molar-refractivity contribution in [1.82, 2.24) is 4.98 Å². The third kappa shape index (κ3) is 2.00. The summed E-state index contributed by atoms with van der Waals surface area (Å²) >= 11 is 6.49. The largest absolute Gasteiger partial charge is 0.495 e. The average Bonchev–Trinajstić information content (AvgIpc) is 3.04. The zero-order valence-corrected chi connectivity index (χ0v) is 13.0. The van der Waals surface area contributed by atoms with Gasteiger partial charge in [0.25, 0.3) is 0 Å². The van der Waals surface area contributed by atoms with Gasteiger partial charge in [-0.15, -0.1) is 0 Å². The molecule has 0 unspecified atom stereocenters. The standard InChI is InChI=1S/C18H17ClN2O/c1-22-15-8-7-14(19)16-12-5-2-6-13(12)17(21-18(15)16)11-4-3-9-20-10-11/h2-5,7-10,12-13,17,21H,6H2,1H3/t12-,13+,17+/m1/s1. The lowest BCUT2D eigenvalue weighted by Gasteiger charge is -2.38. The molecule has 1 N–H and O–H groups in total. The van der Waals surface area contributed by atoms with Crippen LogP contribution < -0.4 is 10.1 Å². The average molecular weight is 313 g/mol. The van der Waals surface area contributed by atoms with Crippen molar-refractivity contribution in [2.45, 2.75) is 18.4 Å². The molecule has 0 bridgehead atoms. The van der Waals surface area contributed by atoms with Crippen LogP contribution in [0.3, 0.4) is 0 Å². The van der Waals surface area contributed by atoms with E-state index in [0.29, 0.717) is 11.8 Å². The molecule has 112 valence electrons. The smallest absolute Gasteiger partial charge is 0.142 e. The van der Waals surface area contributed by atoms with E-state index in [9.17, 15) is 0 Å². The van der Waals surface area contributed by atoms with Crippen molar-refractivity contribution >= 4 is 17.3 Å². The molecule has 2 aliphatic rings. The first-order valence-electron chi connectivity index (χ1n) is 7.49. The Labute approximate surface area is 135 Å². The number of benzene rings is 1. The van der Waals surface area contributed by atoms with E-state index in [1.165, 1.54) is 5.56 Å². The molecule has 1 aliphatic heterocycles. The molecular formula is C18H17ClN2O. The number of fused-ring (bicyclic) bond motifs is 3. The quantitative estimate of drug-likeness (QED) is 0.825. The first-order valence-corrected chi connectivity index (χ1v) is 7.87. The van der Waals surface area contributed by atoms with Crippen LogP contribution in [0.15, 0.2) is 48.8 Å². The minimum atomic E-state index is 0.216. The van der Waals surface area contributed by atoms with Crippen molar-refractivity contribution in [3.63, 3.8) is 0 Å². The Bertz CT molecular complexity index is 729. The summed E-state index contributed by atoms with van der Waals surface area (Å²) in [5.41, 5.74) is 3.37. The summed E-state index contributed by atoms with van der Waals surface area (Å²) in [4.78, 5) is 4.27. The summed E-state index contributed by atoms with van der Waals surface area (Å²) in [7, 11) is 1.70. The van der Waals surface area contributed by atoms with Crippen LogP contribution in [0.25, 0.3) is 0 Å². The van der Waals surface area contributed by atoms with Gasteiger partial charge in [0.05, 0.1) is 18.8 Å². The highest BCUT2D eigenvalue weighted by atomic mass is 35.5. The highest BCUT2D eigenvalue weighted by Gasteiger charge is 2.40. The number of pyridine rings is 1. The Hall–Kier alpha value is -2.00. The van der Waals surface area contributed by atoms with Gasteiger partial charge in [-0.05, 0) is 36.1 Å². The van der Waals surface area contributed by atoms with E-state index in [2.05, 4.69) is 28.5 Å². The van der Waals surface area contributed by atoms with Crippen molar-refractivity contribution in [3.05, 3.63) is 65.0 Å². The molecular weight excluding hydrogens is 296 g/mol. The predicted molar refractivity (Wildman–Crippen MR) is 88.6 cm³/mol. The molecule has 22 heavy (non-hydrogen) atoms. The van der Waals surface area contributed by atoms with Gasteiger partial charge in [0.2, 0.25) is 0 Å². The van der Waals surface area contributed by atoms with E-state index >= 15 is 0 Å². The van der Waals surface area contributed by atoms with Crippen LogP contribution in [0.1, 0.15) is 29.5 Å². The van der Waals surface area contributed by atoms with Crippen LogP contribution in [0.2, 0.25) is 5.02 Å². The molecule has 0 amide bonds. The molecule has 1 aromatic carbocycles. The maximum absolute atomic E-state index is 6.49. The minimum absolute atomic E-state index is 0.216. The van der Waals surface area contributed by atoms with Crippen LogP contribution in [0.5, 0.6) is 5.75 Å². The molecule has 0 spiro atoms. The first kappa shape index (κ1) is 13.6. The molecule has 3 nitrogen and oxygen atoms in total. The summed E-state index contributed by atoms with van der Waals surface area (Å²) in [6, 6.07) is 8.18. The normalized spacial score (nSPS) is 25.3. The van der Waals surface area contributed by atoms with E-state index in [4.69, 9.17) is 16.3 Å². The summed E-state index contributed by atoms with van der Waals surface area (Å²) in [5, 5.41) is 4.46. The fourth-order valence-electron chi connectivity index (χ4n) is 3.70. The topological polar surface area (TPSA) is 34.1 Å². The third-order valence-corrected chi connectivity index (χ3v) is 5.02. The summed E-state index contributed by atoms with van der Waals surface area (Å²) in [6.45, 7) is 0. The number of allylic oxidation sites excluding steroid dienone is 2. The molecule has 3 atom stereocenters. The lowest BCUT2D eigenvalue weighted by atomic mass is 9.77. The number of methoxy groups -OCH3 is 1. The monoisotopic (exact) mass is 312 g/mol. The second kappa shape index (κ2) is 5.33. The number of ether oxygens (including phenoxy) is 1. The molecule has 2 heterocycles. The van der Waals surface area contributed by atoms with Crippen LogP contribution in [-0.2, 0) is 0 Å². The van der Waals surface area contributed by atoms with E-state index in [1.54, 1.807) is 7.11 Å². The van der Waals surface area contributed by atoms with Gasteiger partial charge < -0.3 is 10.1 Å². The Morgan fingerprint density at radius 2 is 2.23 bits per heavy atom. The summed E-state index contributed by atoms with van der Waals surface area (Å²) in [6.07, 6.45) is 9.33. The number of halogens is 1. The highest BCUT2D eigenvalue weighted by Crippen LogP contribution is 2.54. The molecule has 0 radical (unpaired) electrons. The van der Waals surface area contributed by atoms with Crippen molar-refractivity contribution < 1.29 is 4.74 Å². The molecule has 0 fully saturated rings. The van der Waals surface area contributed by atoms with E-state index in [-0.39, 0.29) is 6.04 Å². The van der Waals surface area contributed by atoms with Crippen molar-refractivity contribution in [2.75, 3.05) is 12.4 Å². The maximum atomic E-state index is 6.49. The van der Waals surface area contributed by atoms with E-state index < -0.39 is 0 Å². The van der Waals surface area contributed by atoms with Crippen molar-refractivity contribution in [2.24, 2.45) is 5.92 Å². The molecule has 0 saturated heterocycles. The molecule has 4 heteroatoms. The minimum Gasteiger partial charge on any atom is -0.495 e. The van der Waals surface area contributed by atoms with Crippen LogP contribution in [0, 0.1) is 5.92 Å². The molecule has 4 rings (SSSR count). The zero-order chi connectivity index (χ0) is 15.1. The number of anilines is 1. The number of rotatable bonds is 2.